The van der Waals surface area contributed by atoms with Crippen molar-refractivity contribution in [2.24, 2.45) is 10.5 Å². The largest absolute Gasteiger partial charge is 0.336 e. The zero-order chi connectivity index (χ0) is 21.2. The molecule has 2 amide bonds. The molecule has 0 saturated carbocycles. The molecule has 154 valence electrons. The average molecular weight is 432 g/mol. The van der Waals surface area contributed by atoms with Crippen molar-refractivity contribution in [3.05, 3.63) is 57.2 Å². The topological polar surface area (TPSA) is 53.0 Å². The van der Waals surface area contributed by atoms with E-state index in [1.54, 1.807) is 18.4 Å². The summed E-state index contributed by atoms with van der Waals surface area (Å²) in [6, 6.07) is 11.2. The van der Waals surface area contributed by atoms with Crippen molar-refractivity contribution in [1.29, 1.82) is 0 Å². The Bertz CT molecular complexity index is 918. The molecule has 0 fully saturated rings. The molecule has 0 aliphatic carbocycles. The number of carbonyl (C=O) groups excluding carboxylic acids is 2. The van der Waals surface area contributed by atoms with Gasteiger partial charge in [0.2, 0.25) is 5.91 Å². The van der Waals surface area contributed by atoms with Crippen molar-refractivity contribution < 1.29 is 9.59 Å². The normalized spacial score (nSPS) is 16.7. The highest BCUT2D eigenvalue weighted by Crippen LogP contribution is 2.37. The van der Waals surface area contributed by atoms with Crippen molar-refractivity contribution >= 4 is 40.5 Å². The van der Waals surface area contributed by atoms with E-state index in [0.717, 1.165) is 16.2 Å². The van der Waals surface area contributed by atoms with Gasteiger partial charge in [-0.05, 0) is 28.5 Å². The molecular weight excluding hydrogens is 406 g/mol. The van der Waals surface area contributed by atoms with Gasteiger partial charge in [-0.25, -0.2) is 5.01 Å². The maximum Gasteiger partial charge on any atom is 0.262 e. The van der Waals surface area contributed by atoms with Gasteiger partial charge >= 0.3 is 0 Å². The number of hydrazone groups is 1. The van der Waals surface area contributed by atoms with Crippen LogP contribution in [0.3, 0.4) is 0 Å². The second-order valence-corrected chi connectivity index (χ2v) is 9.85. The molecule has 0 saturated heterocycles. The number of amides is 2. The Hall–Kier alpha value is -2.18. The van der Waals surface area contributed by atoms with Crippen LogP contribution in [0.15, 0.2) is 46.9 Å². The van der Waals surface area contributed by atoms with Gasteiger partial charge in [-0.15, -0.1) is 11.3 Å². The SMILES string of the molecule is CN(CC(=O)N1N=C(c2cccs2)C[C@H]1c1ccccc1Cl)C(=O)CC(C)(C)C. The summed E-state index contributed by atoms with van der Waals surface area (Å²) in [4.78, 5) is 28.1. The first-order valence-corrected chi connectivity index (χ1v) is 10.8. The summed E-state index contributed by atoms with van der Waals surface area (Å²) < 4.78 is 0. The molecule has 1 aromatic carbocycles. The number of hydrogen-bond acceptors (Lipinski definition) is 4. The van der Waals surface area contributed by atoms with E-state index in [1.165, 1.54) is 9.91 Å². The predicted octanol–water partition coefficient (Wildman–Crippen LogP) is 4.97. The summed E-state index contributed by atoms with van der Waals surface area (Å²) in [7, 11) is 1.66. The molecule has 29 heavy (non-hydrogen) atoms. The number of hydrogen-bond donors (Lipinski definition) is 0. The van der Waals surface area contributed by atoms with Crippen LogP contribution >= 0.6 is 22.9 Å². The molecule has 0 bridgehead atoms. The van der Waals surface area contributed by atoms with E-state index in [4.69, 9.17) is 11.6 Å². The van der Waals surface area contributed by atoms with Crippen molar-refractivity contribution in [3.63, 3.8) is 0 Å². The van der Waals surface area contributed by atoms with E-state index in [0.29, 0.717) is 17.9 Å². The monoisotopic (exact) mass is 431 g/mol. The van der Waals surface area contributed by atoms with Crippen LogP contribution in [-0.2, 0) is 9.59 Å². The van der Waals surface area contributed by atoms with Gasteiger partial charge in [-0.1, -0.05) is 56.6 Å². The third-order valence-corrected chi connectivity index (χ3v) is 5.98. The minimum atomic E-state index is -0.278. The molecule has 2 heterocycles. The molecule has 0 radical (unpaired) electrons. The van der Waals surface area contributed by atoms with Gasteiger partial charge in [0.25, 0.3) is 5.91 Å². The van der Waals surface area contributed by atoms with Crippen LogP contribution in [-0.4, -0.2) is 41.0 Å². The number of nitrogens with zero attached hydrogens (tertiary/aromatic N) is 3. The van der Waals surface area contributed by atoms with Gasteiger partial charge in [-0.2, -0.15) is 5.10 Å². The van der Waals surface area contributed by atoms with Crippen LogP contribution in [0.25, 0.3) is 0 Å². The van der Waals surface area contributed by atoms with Gasteiger partial charge in [-0.3, -0.25) is 9.59 Å². The number of rotatable bonds is 5. The molecule has 1 aliphatic heterocycles. The van der Waals surface area contributed by atoms with E-state index in [9.17, 15) is 9.59 Å². The summed E-state index contributed by atoms with van der Waals surface area (Å²) >= 11 is 8.02. The average Bonchev–Trinajstić information content (AvgIpc) is 3.30. The molecule has 1 atom stereocenters. The van der Waals surface area contributed by atoms with Gasteiger partial charge in [0.1, 0.15) is 6.54 Å². The molecule has 2 aromatic rings. The highest BCUT2D eigenvalue weighted by atomic mass is 35.5. The summed E-state index contributed by atoms with van der Waals surface area (Å²) in [5, 5.41) is 8.73. The van der Waals surface area contributed by atoms with Gasteiger partial charge in [0, 0.05) is 24.9 Å². The van der Waals surface area contributed by atoms with Crippen molar-refractivity contribution in [3.8, 4) is 0 Å². The minimum Gasteiger partial charge on any atom is -0.336 e. The van der Waals surface area contributed by atoms with Crippen molar-refractivity contribution in [1.82, 2.24) is 9.91 Å². The Balaban J connectivity index is 1.83. The van der Waals surface area contributed by atoms with Crippen LogP contribution in [0.1, 0.15) is 50.1 Å². The second kappa shape index (κ2) is 8.67. The molecule has 1 aromatic heterocycles. The number of benzene rings is 1. The molecule has 0 unspecified atom stereocenters. The smallest absolute Gasteiger partial charge is 0.262 e. The lowest BCUT2D eigenvalue weighted by Gasteiger charge is -2.27. The van der Waals surface area contributed by atoms with E-state index < -0.39 is 0 Å². The van der Waals surface area contributed by atoms with Crippen LogP contribution in [0, 0.1) is 5.41 Å². The van der Waals surface area contributed by atoms with E-state index >= 15 is 0 Å². The zero-order valence-corrected chi connectivity index (χ0v) is 18.8. The zero-order valence-electron chi connectivity index (χ0n) is 17.2. The van der Waals surface area contributed by atoms with E-state index in [2.05, 4.69) is 5.10 Å². The summed E-state index contributed by atoms with van der Waals surface area (Å²) in [6.07, 6.45) is 0.976. The Morgan fingerprint density at radius 2 is 1.97 bits per heavy atom. The first-order chi connectivity index (χ1) is 13.7. The summed E-state index contributed by atoms with van der Waals surface area (Å²) in [5.41, 5.74) is 1.59. The van der Waals surface area contributed by atoms with Gasteiger partial charge in [0.15, 0.2) is 0 Å². The highest BCUT2D eigenvalue weighted by Gasteiger charge is 2.35. The van der Waals surface area contributed by atoms with Crippen LogP contribution in [0.2, 0.25) is 5.02 Å². The van der Waals surface area contributed by atoms with Gasteiger partial charge in [0.05, 0.1) is 16.6 Å². The van der Waals surface area contributed by atoms with Crippen LogP contribution < -0.4 is 0 Å². The number of thiophene rings is 1. The predicted molar refractivity (Wildman–Crippen MR) is 118 cm³/mol. The fourth-order valence-electron chi connectivity index (χ4n) is 3.27. The molecule has 3 rings (SSSR count). The van der Waals surface area contributed by atoms with E-state index in [1.807, 2.05) is 62.5 Å². The molecular formula is C22H26ClN3O2S. The van der Waals surface area contributed by atoms with Crippen molar-refractivity contribution in [2.75, 3.05) is 13.6 Å². The summed E-state index contributed by atoms with van der Waals surface area (Å²) in [5.74, 6) is -0.270. The lowest BCUT2D eigenvalue weighted by molar-refractivity contribution is -0.141. The van der Waals surface area contributed by atoms with Gasteiger partial charge < -0.3 is 4.90 Å². The Morgan fingerprint density at radius 3 is 2.59 bits per heavy atom. The fourth-order valence-corrected chi connectivity index (χ4v) is 4.25. The maximum absolute atomic E-state index is 13.1. The fraction of sp³-hybridized carbons (Fsp3) is 0.409. The lowest BCUT2D eigenvalue weighted by atomic mass is 9.92. The van der Waals surface area contributed by atoms with Crippen molar-refractivity contribution in [2.45, 2.75) is 39.7 Å². The molecule has 0 N–H and O–H groups in total. The Kier molecular flexibility index (Phi) is 6.44. The van der Waals surface area contributed by atoms with Crippen LogP contribution in [0.4, 0.5) is 0 Å². The molecule has 1 aliphatic rings. The third-order valence-electron chi connectivity index (χ3n) is 4.72. The molecule has 0 spiro atoms. The minimum absolute atomic E-state index is 0.0168. The first kappa shape index (κ1) is 21.5. The quantitative estimate of drug-likeness (QED) is 0.670. The first-order valence-electron chi connectivity index (χ1n) is 9.57. The third kappa shape index (κ3) is 5.25. The molecule has 5 nitrogen and oxygen atoms in total. The maximum atomic E-state index is 13.1. The standard InChI is InChI=1S/C22H26ClN3O2S/c1-22(2,3)13-20(27)25(4)14-21(28)26-18(15-8-5-6-9-16(15)23)12-17(24-26)19-10-7-11-29-19/h5-11,18H,12-14H2,1-4H3/t18-/m0/s1. The highest BCUT2D eigenvalue weighted by molar-refractivity contribution is 7.12. The second-order valence-electron chi connectivity index (χ2n) is 8.49. The Labute approximate surface area is 181 Å². The van der Waals surface area contributed by atoms with E-state index in [-0.39, 0.29) is 29.8 Å². The lowest BCUT2D eigenvalue weighted by Crippen LogP contribution is -2.40. The van der Waals surface area contributed by atoms with Crippen LogP contribution in [0.5, 0.6) is 0 Å². The number of carbonyl (C=O) groups is 2. The Morgan fingerprint density at radius 1 is 1.24 bits per heavy atom. The number of halogens is 1. The summed E-state index contributed by atoms with van der Waals surface area (Å²) in [6.45, 7) is 6.00. The number of likely N-dealkylation sites (N-methyl/N-ethyl adjacent to an activating group) is 1. The molecule has 7 heteroatoms.